The Morgan fingerprint density at radius 1 is 1.32 bits per heavy atom. The van der Waals surface area contributed by atoms with Crippen LogP contribution in [0.2, 0.25) is 0 Å². The molecule has 0 radical (unpaired) electrons. The van der Waals surface area contributed by atoms with Gasteiger partial charge in [-0.2, -0.15) is 0 Å². The Bertz CT molecular complexity index is 456. The van der Waals surface area contributed by atoms with E-state index >= 15 is 0 Å². The molecular formula is C13H21N5O. The van der Waals surface area contributed by atoms with Gasteiger partial charge in [0.2, 0.25) is 11.9 Å². The Hall–Kier alpha value is -1.69. The molecule has 1 aromatic heterocycles. The lowest BCUT2D eigenvalue weighted by atomic mass is 10.1. The summed E-state index contributed by atoms with van der Waals surface area (Å²) in [4.78, 5) is 25.1. The minimum absolute atomic E-state index is 0.00862. The van der Waals surface area contributed by atoms with Crippen LogP contribution >= 0.6 is 0 Å². The van der Waals surface area contributed by atoms with Crippen molar-refractivity contribution in [2.75, 3.05) is 38.6 Å². The molecule has 0 saturated carbocycles. The Morgan fingerprint density at radius 3 is 2.53 bits per heavy atom. The van der Waals surface area contributed by atoms with Gasteiger partial charge in [0.1, 0.15) is 6.04 Å². The van der Waals surface area contributed by atoms with E-state index < -0.39 is 0 Å². The van der Waals surface area contributed by atoms with Crippen LogP contribution in [-0.4, -0.2) is 60.5 Å². The smallest absolute Gasteiger partial charge is 0.243 e. The summed E-state index contributed by atoms with van der Waals surface area (Å²) in [6.07, 6.45) is 0. The SMILES string of the molecule is CNC(=O)C1CN(C)CCN1c1nc(C)cc(C)n1. The van der Waals surface area contributed by atoms with Crippen molar-refractivity contribution in [2.45, 2.75) is 19.9 Å². The van der Waals surface area contributed by atoms with E-state index in [0.29, 0.717) is 12.5 Å². The number of hydrogen-bond donors (Lipinski definition) is 1. The molecule has 19 heavy (non-hydrogen) atoms. The summed E-state index contributed by atoms with van der Waals surface area (Å²) >= 11 is 0. The highest BCUT2D eigenvalue weighted by Crippen LogP contribution is 2.17. The maximum absolute atomic E-state index is 12.0. The summed E-state index contributed by atoms with van der Waals surface area (Å²) in [5.41, 5.74) is 1.86. The molecule has 0 aromatic carbocycles. The van der Waals surface area contributed by atoms with E-state index in [1.54, 1.807) is 7.05 Å². The van der Waals surface area contributed by atoms with Gasteiger partial charge in [-0.3, -0.25) is 4.79 Å². The van der Waals surface area contributed by atoms with Crippen LogP contribution in [0.4, 0.5) is 5.95 Å². The fraction of sp³-hybridized carbons (Fsp3) is 0.615. The fourth-order valence-electron chi connectivity index (χ4n) is 2.39. The highest BCUT2D eigenvalue weighted by Gasteiger charge is 2.32. The molecule has 1 aliphatic rings. The molecule has 6 nitrogen and oxygen atoms in total. The average Bonchev–Trinajstić information content (AvgIpc) is 2.36. The molecule has 2 rings (SSSR count). The molecule has 1 aliphatic heterocycles. The number of carbonyl (C=O) groups excluding carboxylic acids is 1. The Labute approximate surface area is 113 Å². The van der Waals surface area contributed by atoms with Crippen molar-refractivity contribution in [1.29, 1.82) is 0 Å². The highest BCUT2D eigenvalue weighted by atomic mass is 16.2. The van der Waals surface area contributed by atoms with E-state index in [1.165, 1.54) is 0 Å². The zero-order chi connectivity index (χ0) is 14.0. The summed E-state index contributed by atoms with van der Waals surface area (Å²) in [6.45, 7) is 6.25. The van der Waals surface area contributed by atoms with E-state index in [2.05, 4.69) is 20.2 Å². The predicted molar refractivity (Wildman–Crippen MR) is 74.2 cm³/mol. The summed E-state index contributed by atoms with van der Waals surface area (Å²) in [5.74, 6) is 0.661. The van der Waals surface area contributed by atoms with Crippen LogP contribution in [0.5, 0.6) is 0 Å². The molecule has 6 heteroatoms. The molecule has 2 heterocycles. The predicted octanol–water partition coefficient (Wildman–Crippen LogP) is -0.0402. The second kappa shape index (κ2) is 5.52. The van der Waals surface area contributed by atoms with E-state index in [9.17, 15) is 4.79 Å². The molecule has 0 aliphatic carbocycles. The second-order valence-electron chi connectivity index (χ2n) is 5.04. The van der Waals surface area contributed by atoms with Crippen molar-refractivity contribution in [3.05, 3.63) is 17.5 Å². The maximum Gasteiger partial charge on any atom is 0.243 e. The van der Waals surface area contributed by atoms with Crippen molar-refractivity contribution in [3.63, 3.8) is 0 Å². The minimum atomic E-state index is -0.232. The van der Waals surface area contributed by atoms with Gasteiger partial charge in [0.25, 0.3) is 0 Å². The third kappa shape index (κ3) is 3.01. The van der Waals surface area contributed by atoms with Crippen LogP contribution in [0.15, 0.2) is 6.07 Å². The largest absolute Gasteiger partial charge is 0.357 e. The first kappa shape index (κ1) is 13.7. The molecule has 1 atom stereocenters. The number of aromatic nitrogens is 2. The molecule has 1 fully saturated rings. The molecule has 0 spiro atoms. The van der Waals surface area contributed by atoms with Crippen LogP contribution in [-0.2, 0) is 4.79 Å². The molecule has 0 bridgehead atoms. The van der Waals surface area contributed by atoms with Crippen LogP contribution < -0.4 is 10.2 Å². The van der Waals surface area contributed by atoms with E-state index in [4.69, 9.17) is 0 Å². The third-order valence-electron chi connectivity index (χ3n) is 3.36. The van der Waals surface area contributed by atoms with Crippen LogP contribution in [0.25, 0.3) is 0 Å². The number of nitrogens with zero attached hydrogens (tertiary/aromatic N) is 4. The summed E-state index contributed by atoms with van der Waals surface area (Å²) < 4.78 is 0. The van der Waals surface area contributed by atoms with Gasteiger partial charge in [-0.1, -0.05) is 0 Å². The Morgan fingerprint density at radius 2 is 1.95 bits per heavy atom. The number of hydrogen-bond acceptors (Lipinski definition) is 5. The lowest BCUT2D eigenvalue weighted by molar-refractivity contribution is -0.122. The first-order valence-electron chi connectivity index (χ1n) is 6.50. The molecule has 1 N–H and O–H groups in total. The van der Waals surface area contributed by atoms with Crippen LogP contribution in [0, 0.1) is 13.8 Å². The zero-order valence-electron chi connectivity index (χ0n) is 12.0. The second-order valence-corrected chi connectivity index (χ2v) is 5.04. The number of nitrogens with one attached hydrogen (secondary N) is 1. The third-order valence-corrected chi connectivity index (χ3v) is 3.36. The van der Waals surface area contributed by atoms with Gasteiger partial charge in [0.05, 0.1) is 0 Å². The number of carbonyl (C=O) groups is 1. The maximum atomic E-state index is 12.0. The molecular weight excluding hydrogens is 242 g/mol. The minimum Gasteiger partial charge on any atom is -0.357 e. The van der Waals surface area contributed by atoms with Gasteiger partial charge in [-0.15, -0.1) is 0 Å². The van der Waals surface area contributed by atoms with Crippen molar-refractivity contribution in [1.82, 2.24) is 20.2 Å². The van der Waals surface area contributed by atoms with Crippen molar-refractivity contribution < 1.29 is 4.79 Å². The van der Waals surface area contributed by atoms with Gasteiger partial charge in [-0.25, -0.2) is 9.97 Å². The lowest BCUT2D eigenvalue weighted by Gasteiger charge is -2.38. The Kier molecular flexibility index (Phi) is 3.99. The standard InChI is InChI=1S/C13H21N5O/c1-9-7-10(2)16-13(15-9)18-6-5-17(4)8-11(18)12(19)14-3/h7,11H,5-6,8H2,1-4H3,(H,14,19). The van der Waals surface area contributed by atoms with Crippen molar-refractivity contribution >= 4 is 11.9 Å². The Balaban J connectivity index is 2.31. The van der Waals surface area contributed by atoms with Crippen molar-refractivity contribution in [3.8, 4) is 0 Å². The van der Waals surface area contributed by atoms with Crippen LogP contribution in [0.3, 0.4) is 0 Å². The number of piperazine rings is 1. The fourth-order valence-corrected chi connectivity index (χ4v) is 2.39. The number of anilines is 1. The first-order valence-corrected chi connectivity index (χ1v) is 6.50. The van der Waals surface area contributed by atoms with Gasteiger partial charge in [0, 0.05) is 38.1 Å². The molecule has 104 valence electrons. The normalized spacial score (nSPS) is 20.4. The van der Waals surface area contributed by atoms with Crippen molar-refractivity contribution in [2.24, 2.45) is 0 Å². The first-order chi connectivity index (χ1) is 9.01. The molecule has 1 saturated heterocycles. The number of rotatable bonds is 2. The summed E-state index contributed by atoms with van der Waals surface area (Å²) in [6, 6.07) is 1.71. The van der Waals surface area contributed by atoms with E-state index in [1.807, 2.05) is 31.9 Å². The quantitative estimate of drug-likeness (QED) is 0.811. The monoisotopic (exact) mass is 263 g/mol. The van der Waals surface area contributed by atoms with Crippen LogP contribution in [0.1, 0.15) is 11.4 Å². The highest BCUT2D eigenvalue weighted by molar-refractivity contribution is 5.85. The number of aryl methyl sites for hydroxylation is 2. The van der Waals surface area contributed by atoms with Gasteiger partial charge >= 0.3 is 0 Å². The molecule has 1 amide bonds. The molecule has 1 aromatic rings. The van der Waals surface area contributed by atoms with Gasteiger partial charge in [-0.05, 0) is 27.0 Å². The topological polar surface area (TPSA) is 61.4 Å². The average molecular weight is 263 g/mol. The summed E-state index contributed by atoms with van der Waals surface area (Å²) in [7, 11) is 3.69. The number of likely N-dealkylation sites (N-methyl/N-ethyl adjacent to an activating group) is 2. The molecule has 1 unspecified atom stereocenters. The number of amides is 1. The van der Waals surface area contributed by atoms with E-state index in [0.717, 1.165) is 24.5 Å². The van der Waals surface area contributed by atoms with Gasteiger partial charge in [0.15, 0.2) is 0 Å². The zero-order valence-corrected chi connectivity index (χ0v) is 12.0. The van der Waals surface area contributed by atoms with E-state index in [-0.39, 0.29) is 11.9 Å². The summed E-state index contributed by atoms with van der Waals surface area (Å²) in [5, 5.41) is 2.72. The lowest BCUT2D eigenvalue weighted by Crippen LogP contribution is -2.58. The van der Waals surface area contributed by atoms with Gasteiger partial charge < -0.3 is 15.1 Å².